The summed E-state index contributed by atoms with van der Waals surface area (Å²) in [5.41, 5.74) is 3.04. The Balaban J connectivity index is 1.57. The summed E-state index contributed by atoms with van der Waals surface area (Å²) < 4.78 is 0. The molecule has 0 spiro atoms. The lowest BCUT2D eigenvalue weighted by atomic mass is 9.78. The summed E-state index contributed by atoms with van der Waals surface area (Å²) in [5, 5.41) is 8.46. The van der Waals surface area contributed by atoms with Gasteiger partial charge in [-0.25, -0.2) is 0 Å². The Kier molecular flexibility index (Phi) is 12.2. The predicted molar refractivity (Wildman–Crippen MR) is 126 cm³/mol. The van der Waals surface area contributed by atoms with E-state index in [0.29, 0.717) is 0 Å². The summed E-state index contributed by atoms with van der Waals surface area (Å²) >= 11 is 0. The molecule has 0 atom stereocenters. The van der Waals surface area contributed by atoms with Gasteiger partial charge >= 0.3 is 0 Å². The van der Waals surface area contributed by atoms with Gasteiger partial charge in [0.2, 0.25) is 0 Å². The van der Waals surface area contributed by atoms with Gasteiger partial charge in [-0.05, 0) is 61.5 Å². The highest BCUT2D eigenvalue weighted by Crippen LogP contribution is 2.34. The van der Waals surface area contributed by atoms with Gasteiger partial charge in [0.1, 0.15) is 0 Å². The van der Waals surface area contributed by atoms with E-state index in [4.69, 9.17) is 5.26 Å². The molecule has 1 heteroatoms. The number of benzene rings is 1. The van der Waals surface area contributed by atoms with Gasteiger partial charge in [-0.15, -0.1) is 0 Å². The van der Waals surface area contributed by atoms with Gasteiger partial charge in [0, 0.05) is 6.08 Å². The number of nitriles is 1. The first-order valence-electron chi connectivity index (χ1n) is 12.1. The van der Waals surface area contributed by atoms with Gasteiger partial charge in [0.05, 0.1) is 6.07 Å². The third-order valence-electron chi connectivity index (χ3n) is 6.56. The van der Waals surface area contributed by atoms with E-state index < -0.39 is 0 Å². The molecule has 1 aliphatic carbocycles. The smallest absolute Gasteiger partial charge is 0.0912 e. The second-order valence-corrected chi connectivity index (χ2v) is 8.90. The van der Waals surface area contributed by atoms with Crippen LogP contribution in [0.5, 0.6) is 0 Å². The highest BCUT2D eigenvalue weighted by Gasteiger charge is 2.20. The molecule has 0 unspecified atom stereocenters. The molecule has 29 heavy (non-hydrogen) atoms. The number of hydrogen-bond acceptors (Lipinski definition) is 1. The van der Waals surface area contributed by atoms with E-state index in [9.17, 15) is 0 Å². The minimum atomic E-state index is 0.910. The summed E-state index contributed by atoms with van der Waals surface area (Å²) in [4.78, 5) is 0. The maximum Gasteiger partial charge on any atom is 0.0912 e. The molecule has 1 fully saturated rings. The van der Waals surface area contributed by atoms with Crippen LogP contribution >= 0.6 is 0 Å². The largest absolute Gasteiger partial charge is 0.193 e. The number of allylic oxidation sites excluding steroid dienone is 4. The first kappa shape index (κ1) is 23.5. The lowest BCUT2D eigenvalue weighted by Crippen LogP contribution is -2.15. The molecule has 2 rings (SSSR count). The highest BCUT2D eigenvalue weighted by atomic mass is 14.3. The van der Waals surface area contributed by atoms with Gasteiger partial charge in [-0.3, -0.25) is 0 Å². The second-order valence-electron chi connectivity index (χ2n) is 8.90. The fraction of sp³-hybridized carbons (Fsp3) is 0.607. The van der Waals surface area contributed by atoms with Crippen LogP contribution in [0.4, 0.5) is 0 Å². The molecule has 0 bridgehead atoms. The molecule has 0 saturated heterocycles. The van der Waals surface area contributed by atoms with Crippen LogP contribution < -0.4 is 0 Å². The molecule has 1 nitrogen and oxygen atoms in total. The minimum Gasteiger partial charge on any atom is -0.193 e. The molecule has 0 aliphatic heterocycles. The summed E-state index contributed by atoms with van der Waals surface area (Å²) in [6.45, 7) is 2.28. The number of rotatable bonds is 13. The molecule has 1 aromatic carbocycles. The van der Waals surface area contributed by atoms with Gasteiger partial charge in [0.15, 0.2) is 0 Å². The van der Waals surface area contributed by atoms with Crippen LogP contribution in [0.15, 0.2) is 48.6 Å². The predicted octanol–water partition coefficient (Wildman–Crippen LogP) is 8.35. The van der Waals surface area contributed by atoms with Gasteiger partial charge < -0.3 is 0 Å². The SMILES string of the molecule is CCCCCCCc1ccc(CCC2CCC(CC/C=C/C=C/C#N)CC2)cc1. The molecule has 1 aromatic rings. The van der Waals surface area contributed by atoms with Crippen molar-refractivity contribution in [2.75, 3.05) is 0 Å². The average molecular weight is 392 g/mol. The van der Waals surface area contributed by atoms with Crippen molar-refractivity contribution >= 4 is 0 Å². The fourth-order valence-electron chi connectivity index (χ4n) is 4.59. The van der Waals surface area contributed by atoms with E-state index >= 15 is 0 Å². The molecular weight excluding hydrogens is 350 g/mol. The van der Waals surface area contributed by atoms with Crippen molar-refractivity contribution in [3.63, 3.8) is 0 Å². The summed E-state index contributed by atoms with van der Waals surface area (Å²) in [6, 6.07) is 11.5. The molecule has 0 aromatic heterocycles. The number of aryl methyl sites for hydroxylation is 2. The molecule has 1 saturated carbocycles. The van der Waals surface area contributed by atoms with E-state index in [-0.39, 0.29) is 0 Å². The molecule has 0 heterocycles. The minimum absolute atomic E-state index is 0.910. The van der Waals surface area contributed by atoms with Crippen molar-refractivity contribution in [2.45, 2.75) is 96.8 Å². The summed E-state index contributed by atoms with van der Waals surface area (Å²) in [6.07, 6.45) is 26.4. The first-order chi connectivity index (χ1) is 14.3. The molecule has 0 amide bonds. The normalized spacial score (nSPS) is 19.7. The number of nitrogens with zero attached hydrogens (tertiary/aromatic N) is 1. The van der Waals surface area contributed by atoms with E-state index in [1.807, 2.05) is 18.2 Å². The fourth-order valence-corrected chi connectivity index (χ4v) is 4.59. The van der Waals surface area contributed by atoms with E-state index in [2.05, 4.69) is 37.3 Å². The Morgan fingerprint density at radius 1 is 0.828 bits per heavy atom. The van der Waals surface area contributed by atoms with Crippen molar-refractivity contribution in [1.29, 1.82) is 5.26 Å². The summed E-state index contributed by atoms with van der Waals surface area (Å²) in [7, 11) is 0. The van der Waals surface area contributed by atoms with Crippen LogP contribution in [0, 0.1) is 23.2 Å². The Hall–Kier alpha value is -1.81. The van der Waals surface area contributed by atoms with E-state index in [0.717, 1.165) is 18.3 Å². The Labute approximate surface area is 179 Å². The van der Waals surface area contributed by atoms with Crippen molar-refractivity contribution < 1.29 is 0 Å². The van der Waals surface area contributed by atoms with Crippen LogP contribution in [0.3, 0.4) is 0 Å². The van der Waals surface area contributed by atoms with E-state index in [1.165, 1.54) is 101 Å². The summed E-state index contributed by atoms with van der Waals surface area (Å²) in [5.74, 6) is 1.84. The molecular formula is C28H41N. The second kappa shape index (κ2) is 15.1. The van der Waals surface area contributed by atoms with Crippen LogP contribution in [0.25, 0.3) is 0 Å². The monoisotopic (exact) mass is 391 g/mol. The van der Waals surface area contributed by atoms with Gasteiger partial charge in [-0.2, -0.15) is 5.26 Å². The third kappa shape index (κ3) is 10.5. The number of hydrogen-bond donors (Lipinski definition) is 0. The van der Waals surface area contributed by atoms with Crippen LogP contribution in [-0.2, 0) is 12.8 Å². The lowest BCUT2D eigenvalue weighted by Gasteiger charge is -2.28. The third-order valence-corrected chi connectivity index (χ3v) is 6.56. The van der Waals surface area contributed by atoms with Gasteiger partial charge in [-0.1, -0.05) is 101 Å². The van der Waals surface area contributed by atoms with Gasteiger partial charge in [0.25, 0.3) is 0 Å². The molecule has 0 radical (unpaired) electrons. The van der Waals surface area contributed by atoms with Crippen molar-refractivity contribution in [1.82, 2.24) is 0 Å². The average Bonchev–Trinajstić information content (AvgIpc) is 2.76. The number of unbranched alkanes of at least 4 members (excludes halogenated alkanes) is 4. The Morgan fingerprint density at radius 2 is 1.45 bits per heavy atom. The zero-order chi connectivity index (χ0) is 20.6. The van der Waals surface area contributed by atoms with Crippen LogP contribution in [0.1, 0.15) is 95.1 Å². The van der Waals surface area contributed by atoms with Crippen LogP contribution in [0.2, 0.25) is 0 Å². The lowest BCUT2D eigenvalue weighted by molar-refractivity contribution is 0.254. The van der Waals surface area contributed by atoms with Crippen molar-refractivity contribution in [3.8, 4) is 6.07 Å². The first-order valence-corrected chi connectivity index (χ1v) is 12.1. The van der Waals surface area contributed by atoms with Crippen molar-refractivity contribution in [3.05, 3.63) is 59.7 Å². The Morgan fingerprint density at radius 3 is 2.10 bits per heavy atom. The zero-order valence-corrected chi connectivity index (χ0v) is 18.6. The molecule has 1 aliphatic rings. The van der Waals surface area contributed by atoms with Crippen molar-refractivity contribution in [2.24, 2.45) is 11.8 Å². The maximum absolute atomic E-state index is 8.46. The topological polar surface area (TPSA) is 23.8 Å². The molecule has 0 N–H and O–H groups in total. The highest BCUT2D eigenvalue weighted by molar-refractivity contribution is 5.22. The maximum atomic E-state index is 8.46. The standard InChI is InChI=1S/C28H41N/c1-2-3-4-6-9-12-25-14-18-27(19-15-25)22-23-28-20-16-26(17-21-28)13-10-7-5-8-11-24-29/h5,7-8,11,14-15,18-19,26,28H,2-4,6,9-10,12-13,16-17,20-23H2,1H3/b7-5+,11-8+. The quantitative estimate of drug-likeness (QED) is 0.188. The molecule has 158 valence electrons. The van der Waals surface area contributed by atoms with Crippen LogP contribution in [-0.4, -0.2) is 0 Å². The zero-order valence-electron chi connectivity index (χ0n) is 18.6. The van der Waals surface area contributed by atoms with E-state index in [1.54, 1.807) is 0 Å². The Bertz CT molecular complexity index is 623.